The molecule has 0 saturated heterocycles. The third kappa shape index (κ3) is 2.77. The molecule has 4 rings (SSSR count). The third-order valence-corrected chi connectivity index (χ3v) is 4.64. The van der Waals surface area contributed by atoms with Crippen molar-refractivity contribution in [2.75, 3.05) is 5.32 Å². The van der Waals surface area contributed by atoms with Crippen LogP contribution in [0.4, 0.5) is 6.01 Å². The summed E-state index contributed by atoms with van der Waals surface area (Å²) >= 11 is 0. The molecule has 116 valence electrons. The minimum atomic E-state index is 0.0218. The maximum atomic E-state index is 12.1. The minimum Gasteiger partial charge on any atom is -0.432 e. The van der Waals surface area contributed by atoms with Gasteiger partial charge in [0.1, 0.15) is 6.26 Å². The largest absolute Gasteiger partial charge is 0.432 e. The van der Waals surface area contributed by atoms with Crippen LogP contribution in [0, 0.1) is 0 Å². The zero-order chi connectivity index (χ0) is 14.9. The lowest BCUT2D eigenvalue weighted by Gasteiger charge is -2.29. The maximum Gasteiger partial charge on any atom is 0.294 e. The molecule has 0 radical (unpaired) electrons. The molecular formula is C16H20N4O2. The highest BCUT2D eigenvalue weighted by molar-refractivity contribution is 5.20. The van der Waals surface area contributed by atoms with Gasteiger partial charge >= 0.3 is 0 Å². The molecule has 2 heterocycles. The van der Waals surface area contributed by atoms with Gasteiger partial charge in [-0.05, 0) is 44.6 Å². The highest BCUT2D eigenvalue weighted by Gasteiger charge is 2.28. The summed E-state index contributed by atoms with van der Waals surface area (Å²) in [5, 5.41) is 7.91. The number of nitrogens with zero attached hydrogens (tertiary/aromatic N) is 3. The van der Waals surface area contributed by atoms with Gasteiger partial charge in [-0.15, -0.1) is 0 Å². The molecule has 0 aromatic carbocycles. The Morgan fingerprint density at radius 1 is 1.14 bits per heavy atom. The first-order chi connectivity index (χ1) is 10.8. The molecule has 1 N–H and O–H groups in total. The van der Waals surface area contributed by atoms with Crippen LogP contribution in [0.25, 0.3) is 0 Å². The summed E-state index contributed by atoms with van der Waals surface area (Å²) in [6.07, 6.45) is 9.53. The van der Waals surface area contributed by atoms with E-state index in [1.165, 1.54) is 12.8 Å². The summed E-state index contributed by atoms with van der Waals surface area (Å²) in [4.78, 5) is 16.2. The van der Waals surface area contributed by atoms with Gasteiger partial charge in [0.2, 0.25) is 0 Å². The van der Waals surface area contributed by atoms with Gasteiger partial charge in [-0.1, -0.05) is 0 Å². The molecule has 6 nitrogen and oxygen atoms in total. The number of hydrogen-bond acceptors (Lipinski definition) is 5. The van der Waals surface area contributed by atoms with Crippen LogP contribution in [-0.2, 0) is 0 Å². The predicted octanol–water partition coefficient (Wildman–Crippen LogP) is 2.70. The van der Waals surface area contributed by atoms with Crippen molar-refractivity contribution in [2.45, 2.75) is 56.5 Å². The summed E-state index contributed by atoms with van der Waals surface area (Å²) < 4.78 is 6.94. The van der Waals surface area contributed by atoms with Crippen LogP contribution >= 0.6 is 0 Å². The summed E-state index contributed by atoms with van der Waals surface area (Å²) in [6.45, 7) is 0. The Morgan fingerprint density at radius 2 is 1.95 bits per heavy atom. The highest BCUT2D eigenvalue weighted by Crippen LogP contribution is 2.38. The van der Waals surface area contributed by atoms with E-state index in [4.69, 9.17) is 4.42 Å². The van der Waals surface area contributed by atoms with Gasteiger partial charge in [0.25, 0.3) is 11.6 Å². The van der Waals surface area contributed by atoms with Crippen LogP contribution in [0.2, 0.25) is 0 Å². The highest BCUT2D eigenvalue weighted by atomic mass is 16.4. The summed E-state index contributed by atoms with van der Waals surface area (Å²) in [5.74, 6) is 0.579. The molecule has 2 aromatic rings. The smallest absolute Gasteiger partial charge is 0.294 e. The van der Waals surface area contributed by atoms with E-state index >= 15 is 0 Å². The number of nitrogens with one attached hydrogen (secondary N) is 1. The van der Waals surface area contributed by atoms with E-state index in [2.05, 4.69) is 15.4 Å². The molecule has 0 aliphatic heterocycles. The van der Waals surface area contributed by atoms with E-state index < -0.39 is 0 Å². The number of rotatable bonds is 4. The van der Waals surface area contributed by atoms with Crippen LogP contribution in [0.15, 0.2) is 33.8 Å². The van der Waals surface area contributed by atoms with Crippen molar-refractivity contribution >= 4 is 6.01 Å². The Morgan fingerprint density at radius 3 is 2.64 bits per heavy atom. The molecule has 0 spiro atoms. The van der Waals surface area contributed by atoms with Crippen LogP contribution in [0.1, 0.15) is 56.2 Å². The molecule has 2 aliphatic carbocycles. The first-order valence-electron chi connectivity index (χ1n) is 8.05. The van der Waals surface area contributed by atoms with E-state index in [1.807, 2.05) is 6.07 Å². The molecule has 0 bridgehead atoms. The van der Waals surface area contributed by atoms with Crippen molar-refractivity contribution in [3.05, 3.63) is 40.6 Å². The second kappa shape index (κ2) is 5.59. The maximum absolute atomic E-state index is 12.1. The van der Waals surface area contributed by atoms with E-state index in [-0.39, 0.29) is 11.6 Å². The molecule has 22 heavy (non-hydrogen) atoms. The molecule has 2 saturated carbocycles. The second-order valence-corrected chi connectivity index (χ2v) is 6.30. The van der Waals surface area contributed by atoms with Crippen LogP contribution < -0.4 is 10.9 Å². The molecule has 2 aromatic heterocycles. The minimum absolute atomic E-state index is 0.0218. The number of aromatic nitrogens is 3. The SMILES string of the molecule is O=c1ccc(C2CC2)nn1C1CCC(Nc2ncco2)CC1. The molecule has 2 aliphatic rings. The van der Waals surface area contributed by atoms with Gasteiger partial charge in [0.15, 0.2) is 0 Å². The fraction of sp³-hybridized carbons (Fsp3) is 0.562. The number of hydrogen-bond donors (Lipinski definition) is 1. The van der Waals surface area contributed by atoms with Gasteiger partial charge < -0.3 is 9.73 Å². The molecule has 2 fully saturated rings. The molecule has 0 amide bonds. The van der Waals surface area contributed by atoms with Crippen molar-refractivity contribution in [2.24, 2.45) is 0 Å². The lowest BCUT2D eigenvalue weighted by molar-refractivity contribution is 0.299. The summed E-state index contributed by atoms with van der Waals surface area (Å²) in [7, 11) is 0. The number of anilines is 1. The lowest BCUT2D eigenvalue weighted by atomic mass is 9.91. The van der Waals surface area contributed by atoms with Crippen molar-refractivity contribution < 1.29 is 4.42 Å². The Balaban J connectivity index is 1.42. The zero-order valence-electron chi connectivity index (χ0n) is 12.4. The Bertz CT molecular complexity index is 682. The fourth-order valence-electron chi connectivity index (χ4n) is 3.23. The predicted molar refractivity (Wildman–Crippen MR) is 81.9 cm³/mol. The first-order valence-corrected chi connectivity index (χ1v) is 8.05. The van der Waals surface area contributed by atoms with Gasteiger partial charge in [-0.3, -0.25) is 4.79 Å². The topological polar surface area (TPSA) is 73.0 Å². The van der Waals surface area contributed by atoms with Crippen molar-refractivity contribution in [3.8, 4) is 0 Å². The lowest BCUT2D eigenvalue weighted by Crippen LogP contribution is -2.33. The van der Waals surface area contributed by atoms with Crippen molar-refractivity contribution in [3.63, 3.8) is 0 Å². The van der Waals surface area contributed by atoms with E-state index in [0.29, 0.717) is 18.0 Å². The number of oxazole rings is 1. The normalized spacial score (nSPS) is 25.1. The van der Waals surface area contributed by atoms with Gasteiger partial charge in [-0.25, -0.2) is 9.67 Å². The average Bonchev–Trinajstić information content (AvgIpc) is 3.27. The van der Waals surface area contributed by atoms with Crippen LogP contribution in [0.5, 0.6) is 0 Å². The second-order valence-electron chi connectivity index (χ2n) is 6.30. The molecular weight excluding hydrogens is 280 g/mol. The molecule has 6 heteroatoms. The van der Waals surface area contributed by atoms with Gasteiger partial charge in [0, 0.05) is 18.0 Å². The van der Waals surface area contributed by atoms with Crippen LogP contribution in [-0.4, -0.2) is 20.8 Å². The monoisotopic (exact) mass is 300 g/mol. The Kier molecular flexibility index (Phi) is 3.44. The Hall–Kier alpha value is -2.11. The fourth-order valence-corrected chi connectivity index (χ4v) is 3.23. The summed E-state index contributed by atoms with van der Waals surface area (Å²) in [6, 6.07) is 4.73. The van der Waals surface area contributed by atoms with E-state index in [9.17, 15) is 4.79 Å². The van der Waals surface area contributed by atoms with E-state index in [1.54, 1.807) is 23.2 Å². The Labute approximate surface area is 128 Å². The standard InChI is InChI=1S/C16H20N4O2/c21-15-8-7-14(11-1-2-11)19-20(15)13-5-3-12(4-6-13)18-16-17-9-10-22-16/h7-13H,1-6H2,(H,17,18). The van der Waals surface area contributed by atoms with Crippen molar-refractivity contribution in [1.82, 2.24) is 14.8 Å². The summed E-state index contributed by atoms with van der Waals surface area (Å²) in [5.41, 5.74) is 1.10. The quantitative estimate of drug-likeness (QED) is 0.940. The molecule has 0 atom stereocenters. The van der Waals surface area contributed by atoms with Crippen LogP contribution in [0.3, 0.4) is 0 Å². The molecule has 0 unspecified atom stereocenters. The van der Waals surface area contributed by atoms with Gasteiger partial charge in [-0.2, -0.15) is 5.10 Å². The third-order valence-electron chi connectivity index (χ3n) is 4.64. The van der Waals surface area contributed by atoms with Crippen molar-refractivity contribution in [1.29, 1.82) is 0 Å². The van der Waals surface area contributed by atoms with Gasteiger partial charge in [0.05, 0.1) is 17.9 Å². The van der Waals surface area contributed by atoms with E-state index in [0.717, 1.165) is 31.4 Å². The first kappa shape index (κ1) is 13.5. The average molecular weight is 300 g/mol. The zero-order valence-corrected chi connectivity index (χ0v) is 12.4.